The number of β-amino-alcohol motifs (C(OH)–C–C–N with tert-alkyl or cyclic N) is 1. The van der Waals surface area contributed by atoms with E-state index in [1.54, 1.807) is 0 Å². The number of benzene rings is 2. The van der Waals surface area contributed by atoms with Crippen molar-refractivity contribution in [1.29, 1.82) is 0 Å². The Hall–Kier alpha value is -1.79. The van der Waals surface area contributed by atoms with Gasteiger partial charge in [0.1, 0.15) is 0 Å². The van der Waals surface area contributed by atoms with Gasteiger partial charge in [0.15, 0.2) is 0 Å². The lowest BCUT2D eigenvalue weighted by Crippen LogP contribution is -2.48. The van der Waals surface area contributed by atoms with Crippen molar-refractivity contribution in [2.24, 2.45) is 5.16 Å². The number of piperazine rings is 1. The fourth-order valence-corrected chi connectivity index (χ4v) is 3.35. The third kappa shape index (κ3) is 6.70. The van der Waals surface area contributed by atoms with Crippen LogP contribution in [0.2, 0.25) is 0 Å². The Balaban J connectivity index is 0.00000182. The van der Waals surface area contributed by atoms with Gasteiger partial charge >= 0.3 is 0 Å². The number of para-hydroxylation sites is 1. The lowest BCUT2D eigenvalue weighted by molar-refractivity contribution is 0.109. The SMILES string of the molecule is Cl.Cl.ON=Cc1ccccc1CC(O)CN1CCN(c2ccccc2)CC1. The summed E-state index contributed by atoms with van der Waals surface area (Å²) in [5.74, 6) is 0. The van der Waals surface area contributed by atoms with E-state index < -0.39 is 6.10 Å². The van der Waals surface area contributed by atoms with E-state index in [4.69, 9.17) is 5.21 Å². The van der Waals surface area contributed by atoms with Crippen molar-refractivity contribution in [3.05, 3.63) is 65.7 Å². The second kappa shape index (κ2) is 11.8. The summed E-state index contributed by atoms with van der Waals surface area (Å²) in [6.07, 6.45) is 1.54. The summed E-state index contributed by atoms with van der Waals surface area (Å²) in [6, 6.07) is 18.2. The Kier molecular flexibility index (Phi) is 10.2. The van der Waals surface area contributed by atoms with Crippen LogP contribution in [0.4, 0.5) is 5.69 Å². The molecule has 2 aromatic rings. The van der Waals surface area contributed by atoms with Crippen LogP contribution in [0.15, 0.2) is 59.8 Å². The second-order valence-corrected chi connectivity index (χ2v) is 6.42. The monoisotopic (exact) mass is 411 g/mol. The summed E-state index contributed by atoms with van der Waals surface area (Å²) in [4.78, 5) is 4.70. The summed E-state index contributed by atoms with van der Waals surface area (Å²) in [7, 11) is 0. The average molecular weight is 412 g/mol. The molecule has 0 bridgehead atoms. The summed E-state index contributed by atoms with van der Waals surface area (Å²) in [6.45, 7) is 4.51. The molecule has 1 aliphatic heterocycles. The number of nitrogens with zero attached hydrogens (tertiary/aromatic N) is 3. The highest BCUT2D eigenvalue weighted by Gasteiger charge is 2.19. The highest BCUT2D eigenvalue weighted by Crippen LogP contribution is 2.16. The van der Waals surface area contributed by atoms with Gasteiger partial charge in [-0.05, 0) is 23.3 Å². The second-order valence-electron chi connectivity index (χ2n) is 6.42. The predicted molar refractivity (Wildman–Crippen MR) is 115 cm³/mol. The number of hydrogen-bond acceptors (Lipinski definition) is 5. The van der Waals surface area contributed by atoms with Gasteiger partial charge in [-0.2, -0.15) is 0 Å². The molecular weight excluding hydrogens is 385 g/mol. The molecule has 0 radical (unpaired) electrons. The molecule has 0 spiro atoms. The van der Waals surface area contributed by atoms with Gasteiger partial charge in [-0.15, -0.1) is 24.8 Å². The largest absolute Gasteiger partial charge is 0.411 e. The summed E-state index contributed by atoms with van der Waals surface area (Å²) < 4.78 is 0. The molecule has 1 atom stereocenters. The molecule has 1 fully saturated rings. The van der Waals surface area contributed by atoms with E-state index in [-0.39, 0.29) is 24.8 Å². The lowest BCUT2D eigenvalue weighted by atomic mass is 10.0. The van der Waals surface area contributed by atoms with E-state index in [1.165, 1.54) is 11.9 Å². The van der Waals surface area contributed by atoms with Crippen LogP contribution in [0.25, 0.3) is 0 Å². The third-order valence-corrected chi connectivity index (χ3v) is 4.67. The molecule has 1 unspecified atom stereocenters. The van der Waals surface area contributed by atoms with Crippen LogP contribution in [0.5, 0.6) is 0 Å². The zero-order chi connectivity index (χ0) is 17.5. The molecule has 0 aromatic heterocycles. The van der Waals surface area contributed by atoms with Gasteiger partial charge in [0, 0.05) is 44.8 Å². The number of oxime groups is 1. The lowest BCUT2D eigenvalue weighted by Gasteiger charge is -2.37. The zero-order valence-electron chi connectivity index (χ0n) is 15.1. The van der Waals surface area contributed by atoms with E-state index in [2.05, 4.69) is 39.2 Å². The van der Waals surface area contributed by atoms with E-state index >= 15 is 0 Å². The average Bonchev–Trinajstić information content (AvgIpc) is 2.65. The molecule has 1 aliphatic rings. The molecule has 0 saturated carbocycles. The number of rotatable bonds is 6. The van der Waals surface area contributed by atoms with E-state index in [0.29, 0.717) is 13.0 Å². The highest BCUT2D eigenvalue weighted by atomic mass is 35.5. The number of hydrogen-bond donors (Lipinski definition) is 2. The van der Waals surface area contributed by atoms with Gasteiger partial charge in [-0.25, -0.2) is 0 Å². The van der Waals surface area contributed by atoms with Crippen molar-refractivity contribution >= 4 is 36.7 Å². The van der Waals surface area contributed by atoms with E-state index in [0.717, 1.165) is 37.3 Å². The van der Waals surface area contributed by atoms with Crippen molar-refractivity contribution in [2.75, 3.05) is 37.6 Å². The van der Waals surface area contributed by atoms with Gasteiger partial charge < -0.3 is 15.2 Å². The smallest absolute Gasteiger partial charge is 0.0736 e. The van der Waals surface area contributed by atoms with Crippen LogP contribution in [-0.4, -0.2) is 60.3 Å². The van der Waals surface area contributed by atoms with Crippen LogP contribution in [0.1, 0.15) is 11.1 Å². The molecule has 0 aliphatic carbocycles. The number of aliphatic hydroxyl groups is 1. The quantitative estimate of drug-likeness (QED) is 0.435. The molecular formula is C20H27Cl2N3O2. The van der Waals surface area contributed by atoms with Gasteiger partial charge in [-0.1, -0.05) is 47.6 Å². The molecule has 2 aromatic carbocycles. The first-order valence-electron chi connectivity index (χ1n) is 8.72. The first kappa shape index (κ1) is 23.2. The Morgan fingerprint density at radius 2 is 1.56 bits per heavy atom. The van der Waals surface area contributed by atoms with Gasteiger partial charge in [0.25, 0.3) is 0 Å². The van der Waals surface area contributed by atoms with Crippen LogP contribution in [-0.2, 0) is 6.42 Å². The Labute approximate surface area is 173 Å². The van der Waals surface area contributed by atoms with Gasteiger partial charge in [-0.3, -0.25) is 4.90 Å². The fourth-order valence-electron chi connectivity index (χ4n) is 3.35. The van der Waals surface area contributed by atoms with Gasteiger partial charge in [0.05, 0.1) is 12.3 Å². The zero-order valence-corrected chi connectivity index (χ0v) is 16.8. The maximum absolute atomic E-state index is 10.5. The molecule has 5 nitrogen and oxygen atoms in total. The molecule has 27 heavy (non-hydrogen) atoms. The normalized spacial score (nSPS) is 15.8. The first-order chi connectivity index (χ1) is 12.3. The molecule has 0 amide bonds. The summed E-state index contributed by atoms with van der Waals surface area (Å²) in [5.41, 5.74) is 3.11. The van der Waals surface area contributed by atoms with E-state index in [1.807, 2.05) is 30.3 Å². The number of halogens is 2. The molecule has 3 rings (SSSR count). The van der Waals surface area contributed by atoms with Crippen molar-refractivity contribution in [2.45, 2.75) is 12.5 Å². The van der Waals surface area contributed by atoms with Crippen molar-refractivity contribution in [1.82, 2.24) is 4.90 Å². The first-order valence-corrected chi connectivity index (χ1v) is 8.72. The van der Waals surface area contributed by atoms with Crippen molar-refractivity contribution in [3.63, 3.8) is 0 Å². The number of aliphatic hydroxyl groups excluding tert-OH is 1. The molecule has 7 heteroatoms. The maximum atomic E-state index is 10.5. The third-order valence-electron chi connectivity index (χ3n) is 4.67. The maximum Gasteiger partial charge on any atom is 0.0736 e. The predicted octanol–water partition coefficient (Wildman–Crippen LogP) is 3.06. The minimum absolute atomic E-state index is 0. The summed E-state index contributed by atoms with van der Waals surface area (Å²) >= 11 is 0. The molecule has 2 N–H and O–H groups in total. The molecule has 1 heterocycles. The Bertz CT molecular complexity index is 693. The number of anilines is 1. The van der Waals surface area contributed by atoms with Crippen LogP contribution >= 0.6 is 24.8 Å². The summed E-state index contributed by atoms with van der Waals surface area (Å²) in [5, 5.41) is 22.3. The van der Waals surface area contributed by atoms with Crippen LogP contribution in [0.3, 0.4) is 0 Å². The van der Waals surface area contributed by atoms with Gasteiger partial charge in [0.2, 0.25) is 0 Å². The highest BCUT2D eigenvalue weighted by molar-refractivity contribution is 5.85. The van der Waals surface area contributed by atoms with Crippen molar-refractivity contribution < 1.29 is 10.3 Å². The Morgan fingerprint density at radius 1 is 0.926 bits per heavy atom. The fraction of sp³-hybridized carbons (Fsp3) is 0.350. The topological polar surface area (TPSA) is 59.3 Å². The van der Waals surface area contributed by atoms with E-state index in [9.17, 15) is 5.11 Å². The minimum Gasteiger partial charge on any atom is -0.411 e. The van der Waals surface area contributed by atoms with Crippen LogP contribution in [0, 0.1) is 0 Å². The molecule has 148 valence electrons. The van der Waals surface area contributed by atoms with Crippen LogP contribution < -0.4 is 4.90 Å². The molecule has 1 saturated heterocycles. The Morgan fingerprint density at radius 3 is 2.22 bits per heavy atom. The standard InChI is InChI=1S/C20H25N3O2.2ClH/c24-20(14-17-6-4-5-7-18(17)15-21-25)16-22-10-12-23(13-11-22)19-8-2-1-3-9-19;;/h1-9,15,20,24-25H,10-14,16H2;2*1H. The van der Waals surface area contributed by atoms with Crippen molar-refractivity contribution in [3.8, 4) is 0 Å². The minimum atomic E-state index is -0.434.